The first-order chi connectivity index (χ1) is 26.3. The summed E-state index contributed by atoms with van der Waals surface area (Å²) in [6, 6.07) is -1.54. The van der Waals surface area contributed by atoms with E-state index in [0.29, 0.717) is 0 Å². The highest BCUT2D eigenvalue weighted by molar-refractivity contribution is 5.73. The minimum atomic E-state index is -1.99. The first-order valence-electron chi connectivity index (χ1n) is 18.2. The van der Waals surface area contributed by atoms with Crippen LogP contribution in [0.1, 0.15) is 27.7 Å². The molecular formula is C32H55NO23. The molecule has 5 rings (SSSR count). The summed E-state index contributed by atoms with van der Waals surface area (Å²) in [6.45, 7) is 3.54. The zero-order chi connectivity index (χ0) is 41.5. The van der Waals surface area contributed by atoms with Gasteiger partial charge in [0.05, 0.1) is 31.5 Å². The van der Waals surface area contributed by atoms with Crippen LogP contribution in [-0.2, 0) is 47.4 Å². The highest BCUT2D eigenvalue weighted by Gasteiger charge is 2.56. The average molecular weight is 822 g/mol. The van der Waals surface area contributed by atoms with Crippen LogP contribution in [0.4, 0.5) is 0 Å². The lowest BCUT2D eigenvalue weighted by Crippen LogP contribution is -2.69. The smallest absolute Gasteiger partial charge is 0.217 e. The molecule has 5 aliphatic rings. The van der Waals surface area contributed by atoms with Crippen molar-refractivity contribution < 1.29 is 114 Å². The number of ether oxygens (including phenoxy) is 9. The number of amides is 1. The van der Waals surface area contributed by atoms with E-state index in [9.17, 15) is 71.2 Å². The van der Waals surface area contributed by atoms with Gasteiger partial charge in [0.25, 0.3) is 0 Å². The van der Waals surface area contributed by atoms with E-state index in [4.69, 9.17) is 42.6 Å². The predicted molar refractivity (Wildman–Crippen MR) is 174 cm³/mol. The lowest BCUT2D eigenvalue weighted by molar-refractivity contribution is -0.386. The largest absolute Gasteiger partial charge is 0.394 e. The maximum atomic E-state index is 12.4. The summed E-state index contributed by atoms with van der Waals surface area (Å²) in [6.07, 6.45) is -39.8. The maximum Gasteiger partial charge on any atom is 0.217 e. The highest BCUT2D eigenvalue weighted by Crippen LogP contribution is 2.35. The molecule has 5 saturated heterocycles. The molecule has 0 aromatic heterocycles. The molecule has 0 unspecified atom stereocenters. The zero-order valence-electron chi connectivity index (χ0n) is 30.7. The number of rotatable bonds is 11. The second-order valence-electron chi connectivity index (χ2n) is 14.6. The Balaban J connectivity index is 1.35. The van der Waals surface area contributed by atoms with Crippen LogP contribution in [0.25, 0.3) is 0 Å². The number of carbonyl (C=O) groups excluding carboxylic acids is 1. The molecule has 1 amide bonds. The second kappa shape index (κ2) is 18.9. The number of hydrogen-bond donors (Lipinski definition) is 14. The summed E-state index contributed by atoms with van der Waals surface area (Å²) < 4.78 is 50.8. The monoisotopic (exact) mass is 821 g/mol. The van der Waals surface area contributed by atoms with Gasteiger partial charge >= 0.3 is 0 Å². The van der Waals surface area contributed by atoms with E-state index in [-0.39, 0.29) is 0 Å². The summed E-state index contributed by atoms with van der Waals surface area (Å²) in [7, 11) is 0. The third-order valence-electron chi connectivity index (χ3n) is 10.6. The van der Waals surface area contributed by atoms with Gasteiger partial charge in [0.1, 0.15) is 104 Å². The first kappa shape index (κ1) is 45.7. The Bertz CT molecular complexity index is 1270. The van der Waals surface area contributed by atoms with Gasteiger partial charge < -0.3 is 114 Å². The molecule has 5 fully saturated rings. The Morgan fingerprint density at radius 1 is 0.464 bits per heavy atom. The van der Waals surface area contributed by atoms with Gasteiger partial charge in [0.15, 0.2) is 31.5 Å². The normalized spacial score (nSPS) is 53.1. The molecular weight excluding hydrogens is 766 g/mol. The fourth-order valence-electron chi connectivity index (χ4n) is 7.24. The molecule has 0 saturated carbocycles. The quantitative estimate of drug-likeness (QED) is 0.0920. The van der Waals surface area contributed by atoms with Crippen molar-refractivity contribution in [2.24, 2.45) is 0 Å². The van der Waals surface area contributed by atoms with Crippen LogP contribution < -0.4 is 5.32 Å². The van der Waals surface area contributed by atoms with Crippen molar-refractivity contribution in [1.82, 2.24) is 5.32 Å². The zero-order valence-corrected chi connectivity index (χ0v) is 30.7. The third kappa shape index (κ3) is 9.31. The molecule has 326 valence electrons. The van der Waals surface area contributed by atoms with E-state index in [1.165, 1.54) is 20.8 Å². The van der Waals surface area contributed by atoms with Gasteiger partial charge in [-0.15, -0.1) is 0 Å². The average Bonchev–Trinajstić information content (AvgIpc) is 3.15. The van der Waals surface area contributed by atoms with Crippen LogP contribution in [0, 0.1) is 0 Å². The molecule has 25 atom stereocenters. The molecule has 0 aromatic carbocycles. The number of nitrogens with one attached hydrogen (secondary N) is 1. The van der Waals surface area contributed by atoms with Crippen molar-refractivity contribution in [2.45, 2.75) is 181 Å². The second-order valence-corrected chi connectivity index (χ2v) is 14.6. The fourth-order valence-corrected chi connectivity index (χ4v) is 7.24. The van der Waals surface area contributed by atoms with E-state index < -0.39 is 173 Å². The molecule has 0 bridgehead atoms. The minimum absolute atomic E-state index is 0.722. The summed E-state index contributed by atoms with van der Waals surface area (Å²) in [5.74, 6) is -0.722. The van der Waals surface area contributed by atoms with Gasteiger partial charge in [0.2, 0.25) is 5.91 Å². The lowest BCUT2D eigenvalue weighted by Gasteiger charge is -2.50. The van der Waals surface area contributed by atoms with Crippen LogP contribution in [0.3, 0.4) is 0 Å². The van der Waals surface area contributed by atoms with E-state index in [2.05, 4.69) is 5.32 Å². The van der Waals surface area contributed by atoms with Gasteiger partial charge in [0, 0.05) is 6.92 Å². The lowest BCUT2D eigenvalue weighted by atomic mass is 9.94. The topological polar surface area (TPSA) is 375 Å². The van der Waals surface area contributed by atoms with Gasteiger partial charge in [-0.3, -0.25) is 4.79 Å². The summed E-state index contributed by atoms with van der Waals surface area (Å²) >= 11 is 0. The molecule has 0 spiro atoms. The fraction of sp³-hybridized carbons (Fsp3) is 0.969. The van der Waals surface area contributed by atoms with Crippen molar-refractivity contribution in [3.05, 3.63) is 0 Å². The number of carbonyl (C=O) groups is 1. The molecule has 56 heavy (non-hydrogen) atoms. The summed E-state index contributed by atoms with van der Waals surface area (Å²) in [5, 5.41) is 140. The molecule has 0 aromatic rings. The van der Waals surface area contributed by atoms with E-state index >= 15 is 0 Å². The molecule has 0 aliphatic carbocycles. The Morgan fingerprint density at radius 3 is 1.39 bits per heavy atom. The van der Waals surface area contributed by atoms with Crippen LogP contribution in [0.5, 0.6) is 0 Å². The summed E-state index contributed by atoms with van der Waals surface area (Å²) in [5.41, 5.74) is 0. The SMILES string of the molecule is CC(=O)N[C@H]1[C@H](O[C@@H]2[C@H](O)[C@@H](O)[C@H](C)O[C@H]2O)O[C@H](CO)[C@@H](O)[C@@H]1O[C@@H]1O[C@@H](C)[C@H](O)[C@@H](O[C@@H]2O[C@@H](C)[C@H](O)[C@@H](O[C@H]3O[C@H](CO)[C@@H](O)[C@H](O)[C@H]3O)[C@H]2O)[C@H]1O. The van der Waals surface area contributed by atoms with Crippen LogP contribution in [-0.4, -0.2) is 239 Å². The standard InChI is InChI=1S/C32H55NO23/c1-7-14(37)20(43)27(28(47)48-7)56-29-13(33-10(4)36)24(18(41)12(6-35)51-29)53-31-22(45)26(16(39)8(2)49-31)55-32-23(46)25(15(38)9(3)50-32)54-30-21(44)19(42)17(40)11(5-34)52-30/h7-9,11-32,34-35,37-47H,5-6H2,1-4H3,(H,33,36)/t7-,8-,9-,11+,12+,13+,14-,15-,16-,17+,18+,19-,20+,21+,22+,23+,24+,25+,26+,27+,28+,29-,30+,31-,32-/m0/s1. The summed E-state index contributed by atoms with van der Waals surface area (Å²) in [4.78, 5) is 12.4. The van der Waals surface area contributed by atoms with Crippen LogP contribution >= 0.6 is 0 Å². The van der Waals surface area contributed by atoms with E-state index in [0.717, 1.165) is 6.92 Å². The number of aliphatic hydroxyl groups is 13. The third-order valence-corrected chi connectivity index (χ3v) is 10.6. The number of aliphatic hydroxyl groups excluding tert-OH is 13. The molecule has 14 N–H and O–H groups in total. The Kier molecular flexibility index (Phi) is 15.4. The molecule has 5 heterocycles. The van der Waals surface area contributed by atoms with Crippen molar-refractivity contribution in [3.8, 4) is 0 Å². The first-order valence-corrected chi connectivity index (χ1v) is 18.2. The molecule has 5 aliphatic heterocycles. The Hall–Kier alpha value is -1.41. The van der Waals surface area contributed by atoms with Gasteiger partial charge in [-0.05, 0) is 20.8 Å². The van der Waals surface area contributed by atoms with Crippen molar-refractivity contribution >= 4 is 5.91 Å². The number of hydrogen-bond acceptors (Lipinski definition) is 23. The predicted octanol–water partition coefficient (Wildman–Crippen LogP) is -8.70. The molecule has 24 nitrogen and oxygen atoms in total. The van der Waals surface area contributed by atoms with Gasteiger partial charge in [-0.25, -0.2) is 0 Å². The highest BCUT2D eigenvalue weighted by atomic mass is 16.8. The molecule has 24 heteroatoms. The van der Waals surface area contributed by atoms with Crippen molar-refractivity contribution in [1.29, 1.82) is 0 Å². The maximum absolute atomic E-state index is 12.4. The van der Waals surface area contributed by atoms with Gasteiger partial charge in [-0.2, -0.15) is 0 Å². The van der Waals surface area contributed by atoms with E-state index in [1.807, 2.05) is 0 Å². The Morgan fingerprint density at radius 2 is 0.893 bits per heavy atom. The minimum Gasteiger partial charge on any atom is -0.394 e. The van der Waals surface area contributed by atoms with E-state index in [1.54, 1.807) is 0 Å². The van der Waals surface area contributed by atoms with Crippen molar-refractivity contribution in [2.75, 3.05) is 13.2 Å². The Labute approximate surface area is 319 Å². The van der Waals surface area contributed by atoms with Crippen molar-refractivity contribution in [3.63, 3.8) is 0 Å². The van der Waals surface area contributed by atoms with Gasteiger partial charge in [-0.1, -0.05) is 0 Å². The van der Waals surface area contributed by atoms with Crippen LogP contribution in [0.2, 0.25) is 0 Å². The van der Waals surface area contributed by atoms with Crippen LogP contribution in [0.15, 0.2) is 0 Å². The molecule has 0 radical (unpaired) electrons.